The summed E-state index contributed by atoms with van der Waals surface area (Å²) in [6, 6.07) is 24.9. The second-order valence-electron chi connectivity index (χ2n) is 7.82. The maximum atomic E-state index is 10.3. The third-order valence-electron chi connectivity index (χ3n) is 5.23. The molecule has 5 rings (SSSR count). The van der Waals surface area contributed by atoms with Crippen LogP contribution in [-0.4, -0.2) is 21.4 Å². The number of hydrogen-bond donors (Lipinski definition) is 2. The highest BCUT2D eigenvalue weighted by molar-refractivity contribution is 7.21. The minimum absolute atomic E-state index is 0.0286. The van der Waals surface area contributed by atoms with Crippen molar-refractivity contribution < 1.29 is 10.2 Å². The van der Waals surface area contributed by atoms with Gasteiger partial charge in [-0.3, -0.25) is 4.99 Å². The van der Waals surface area contributed by atoms with E-state index in [4.69, 9.17) is 0 Å². The van der Waals surface area contributed by atoms with Crippen molar-refractivity contribution in [3.63, 3.8) is 0 Å². The fraction of sp³-hybridized carbons (Fsp3) is 0.0370. The van der Waals surface area contributed by atoms with Gasteiger partial charge in [-0.1, -0.05) is 41.7 Å². The fourth-order valence-corrected chi connectivity index (χ4v) is 4.12. The number of aliphatic imine (C=N–C) groups is 1. The lowest BCUT2D eigenvalue weighted by atomic mass is 10.2. The van der Waals surface area contributed by atoms with Gasteiger partial charge in [0.05, 0.1) is 27.3 Å². The molecule has 176 valence electrons. The van der Waals surface area contributed by atoms with Gasteiger partial charge < -0.3 is 10.2 Å². The zero-order valence-electron chi connectivity index (χ0n) is 19.1. The van der Waals surface area contributed by atoms with E-state index < -0.39 is 0 Å². The second kappa shape index (κ2) is 10.2. The van der Waals surface area contributed by atoms with E-state index in [-0.39, 0.29) is 11.5 Å². The largest absolute Gasteiger partial charge is 0.508 e. The number of hydrogen-bond acceptors (Lipinski definition) is 9. The van der Waals surface area contributed by atoms with E-state index in [9.17, 15) is 10.2 Å². The van der Waals surface area contributed by atoms with E-state index in [1.54, 1.807) is 18.2 Å². The summed E-state index contributed by atoms with van der Waals surface area (Å²) in [6.07, 6.45) is 1.48. The van der Waals surface area contributed by atoms with Crippen molar-refractivity contribution in [2.45, 2.75) is 6.92 Å². The first-order valence-corrected chi connectivity index (χ1v) is 11.8. The molecule has 8 nitrogen and oxygen atoms in total. The average Bonchev–Trinajstić information content (AvgIpc) is 3.31. The number of fused-ring (bicyclic) bond motifs is 1. The number of aromatic hydroxyl groups is 2. The first-order chi connectivity index (χ1) is 17.5. The van der Waals surface area contributed by atoms with Crippen LogP contribution in [0.15, 0.2) is 110 Å². The summed E-state index contributed by atoms with van der Waals surface area (Å²) in [5.41, 5.74) is 4.43. The van der Waals surface area contributed by atoms with Crippen LogP contribution in [0, 0.1) is 6.92 Å². The van der Waals surface area contributed by atoms with Gasteiger partial charge >= 0.3 is 0 Å². The molecule has 36 heavy (non-hydrogen) atoms. The van der Waals surface area contributed by atoms with Crippen LogP contribution in [0.2, 0.25) is 0 Å². The van der Waals surface area contributed by atoms with E-state index >= 15 is 0 Å². The molecule has 4 aromatic carbocycles. The van der Waals surface area contributed by atoms with Crippen LogP contribution in [0.1, 0.15) is 11.1 Å². The highest BCUT2D eigenvalue weighted by atomic mass is 32.1. The summed E-state index contributed by atoms with van der Waals surface area (Å²) >= 11 is 1.45. The number of aromatic nitrogens is 1. The Morgan fingerprint density at radius 3 is 2.42 bits per heavy atom. The van der Waals surface area contributed by atoms with Crippen molar-refractivity contribution in [3.8, 4) is 11.5 Å². The van der Waals surface area contributed by atoms with Gasteiger partial charge in [0.25, 0.3) is 0 Å². The zero-order chi connectivity index (χ0) is 24.9. The van der Waals surface area contributed by atoms with Gasteiger partial charge in [-0.2, -0.15) is 5.11 Å². The molecule has 0 saturated carbocycles. The molecule has 0 fully saturated rings. The van der Waals surface area contributed by atoms with Crippen LogP contribution in [0.25, 0.3) is 10.2 Å². The first-order valence-electron chi connectivity index (χ1n) is 11.0. The van der Waals surface area contributed by atoms with Gasteiger partial charge in [0.15, 0.2) is 0 Å². The van der Waals surface area contributed by atoms with Crippen molar-refractivity contribution in [2.75, 3.05) is 0 Å². The standard InChI is InChI=1S/C27H20N6O2S/c1-17-6-2-3-7-21(17)31-32-22-12-11-20(34)15-24(22)28-16-18-14-19(10-13-25(18)35)30-33-27-29-23-8-4-5-9-26(23)36-27/h2-16,34-35H,1H3. The molecule has 5 aromatic rings. The van der Waals surface area contributed by atoms with Gasteiger partial charge in [-0.05, 0) is 61.0 Å². The molecule has 0 aliphatic carbocycles. The predicted octanol–water partition coefficient (Wildman–Crippen LogP) is 8.60. The highest BCUT2D eigenvalue weighted by Crippen LogP contribution is 2.34. The van der Waals surface area contributed by atoms with E-state index in [1.807, 2.05) is 55.5 Å². The molecule has 1 aromatic heterocycles. The van der Waals surface area contributed by atoms with Crippen molar-refractivity contribution in [1.29, 1.82) is 0 Å². The number of nitrogens with zero attached hydrogens (tertiary/aromatic N) is 6. The summed E-state index contributed by atoms with van der Waals surface area (Å²) in [5.74, 6) is 0.0699. The Morgan fingerprint density at radius 2 is 1.56 bits per heavy atom. The van der Waals surface area contributed by atoms with Crippen molar-refractivity contribution in [3.05, 3.63) is 96.1 Å². The van der Waals surface area contributed by atoms with E-state index in [1.165, 1.54) is 35.8 Å². The Morgan fingerprint density at radius 1 is 0.750 bits per heavy atom. The Labute approximate surface area is 210 Å². The predicted molar refractivity (Wildman–Crippen MR) is 143 cm³/mol. The van der Waals surface area contributed by atoms with Crippen LogP contribution in [-0.2, 0) is 0 Å². The van der Waals surface area contributed by atoms with E-state index in [2.05, 4.69) is 30.4 Å². The summed E-state index contributed by atoms with van der Waals surface area (Å²) in [4.78, 5) is 8.89. The molecule has 0 amide bonds. The number of benzene rings is 4. The maximum Gasteiger partial charge on any atom is 0.231 e. The minimum Gasteiger partial charge on any atom is -0.508 e. The third-order valence-corrected chi connectivity index (χ3v) is 6.15. The van der Waals surface area contributed by atoms with Gasteiger partial charge in [-0.25, -0.2) is 4.98 Å². The minimum atomic E-state index is 0.0286. The fourth-order valence-electron chi connectivity index (χ4n) is 3.33. The molecule has 0 saturated heterocycles. The Balaban J connectivity index is 1.40. The molecule has 0 bridgehead atoms. The molecule has 0 spiro atoms. The molecule has 9 heteroatoms. The summed E-state index contributed by atoms with van der Waals surface area (Å²) < 4.78 is 1.03. The zero-order valence-corrected chi connectivity index (χ0v) is 20.0. The number of thiazole rings is 1. The molecule has 1 heterocycles. The number of azo groups is 2. The summed E-state index contributed by atoms with van der Waals surface area (Å²) in [7, 11) is 0. The van der Waals surface area contributed by atoms with Crippen LogP contribution in [0.4, 0.5) is 27.9 Å². The molecular weight excluding hydrogens is 472 g/mol. The monoisotopic (exact) mass is 492 g/mol. The SMILES string of the molecule is Cc1ccccc1N=Nc1ccc(O)cc1N=Cc1cc(N=Nc2nc3ccccc3s2)ccc1O. The third kappa shape index (κ3) is 5.31. The molecule has 0 aliphatic rings. The lowest BCUT2D eigenvalue weighted by molar-refractivity contribution is 0.474. The summed E-state index contributed by atoms with van der Waals surface area (Å²) in [5, 5.41) is 38.0. The van der Waals surface area contributed by atoms with Crippen molar-refractivity contribution in [2.24, 2.45) is 25.4 Å². The summed E-state index contributed by atoms with van der Waals surface area (Å²) in [6.45, 7) is 1.95. The van der Waals surface area contributed by atoms with E-state index in [0.717, 1.165) is 21.5 Å². The molecule has 0 atom stereocenters. The number of rotatable bonds is 6. The van der Waals surface area contributed by atoms with Gasteiger partial charge in [0.1, 0.15) is 17.2 Å². The van der Waals surface area contributed by atoms with Crippen molar-refractivity contribution >= 4 is 55.6 Å². The quantitative estimate of drug-likeness (QED) is 0.183. The Hall–Kier alpha value is -4.76. The van der Waals surface area contributed by atoms with Crippen LogP contribution in [0.3, 0.4) is 0 Å². The molecule has 0 radical (unpaired) electrons. The smallest absolute Gasteiger partial charge is 0.231 e. The van der Waals surface area contributed by atoms with Crippen LogP contribution in [0.5, 0.6) is 11.5 Å². The maximum absolute atomic E-state index is 10.3. The van der Waals surface area contributed by atoms with E-state index in [0.29, 0.717) is 27.8 Å². The Bertz CT molecular complexity index is 1610. The van der Waals surface area contributed by atoms with Gasteiger partial charge in [0.2, 0.25) is 5.13 Å². The number of phenolic OH excluding ortho intramolecular Hbond substituents is 2. The van der Waals surface area contributed by atoms with Crippen LogP contribution < -0.4 is 0 Å². The first kappa shape index (κ1) is 23.0. The lowest BCUT2D eigenvalue weighted by Crippen LogP contribution is -1.82. The van der Waals surface area contributed by atoms with Gasteiger partial charge in [0, 0.05) is 17.8 Å². The highest BCUT2D eigenvalue weighted by Gasteiger charge is 2.06. The Kier molecular flexibility index (Phi) is 6.55. The number of aryl methyl sites for hydroxylation is 1. The number of phenols is 2. The molecule has 0 unspecified atom stereocenters. The van der Waals surface area contributed by atoms with Gasteiger partial charge in [-0.15, -0.1) is 15.3 Å². The normalized spacial score (nSPS) is 11.9. The van der Waals surface area contributed by atoms with Crippen molar-refractivity contribution in [1.82, 2.24) is 4.98 Å². The topological polar surface area (TPSA) is 115 Å². The average molecular weight is 493 g/mol. The molecule has 2 N–H and O–H groups in total. The lowest BCUT2D eigenvalue weighted by Gasteiger charge is -2.03. The number of para-hydroxylation sites is 1. The molecule has 0 aliphatic heterocycles. The second-order valence-corrected chi connectivity index (χ2v) is 8.83. The van der Waals surface area contributed by atoms with Crippen LogP contribution >= 0.6 is 11.3 Å². The molecular formula is C27H20N6O2S.